The molecule has 0 saturated carbocycles. The maximum atomic E-state index is 13.3. The molecule has 0 bridgehead atoms. The normalized spacial score (nSPS) is 14.2. The number of amides is 3. The predicted octanol–water partition coefficient (Wildman–Crippen LogP) is 5.36. The molecule has 192 valence electrons. The van der Waals surface area contributed by atoms with Gasteiger partial charge in [0.1, 0.15) is 6.04 Å². The van der Waals surface area contributed by atoms with Gasteiger partial charge in [0.25, 0.3) is 11.8 Å². The van der Waals surface area contributed by atoms with E-state index in [-0.39, 0.29) is 17.2 Å². The second-order valence-corrected chi connectivity index (χ2v) is 8.88. The van der Waals surface area contributed by atoms with Gasteiger partial charge in [0.05, 0.1) is 11.1 Å². The third-order valence-corrected chi connectivity index (χ3v) is 6.29. The van der Waals surface area contributed by atoms with Crippen LogP contribution in [-0.4, -0.2) is 35.7 Å². The second kappa shape index (κ2) is 10.9. The summed E-state index contributed by atoms with van der Waals surface area (Å²) in [4.78, 5) is 40.6. The average Bonchev–Trinajstić information content (AvgIpc) is 3.43. The zero-order chi connectivity index (χ0) is 26.6. The van der Waals surface area contributed by atoms with Gasteiger partial charge in [0, 0.05) is 24.3 Å². The van der Waals surface area contributed by atoms with E-state index >= 15 is 0 Å². The highest BCUT2D eigenvalue weighted by atomic mass is 19.4. The van der Waals surface area contributed by atoms with Crippen LogP contribution in [0.15, 0.2) is 72.8 Å². The fraction of sp³-hybridized carbons (Fsp3) is 0.250. The molecule has 3 amide bonds. The summed E-state index contributed by atoms with van der Waals surface area (Å²) in [5, 5.41) is 5.32. The highest BCUT2D eigenvalue weighted by Crippen LogP contribution is 2.32. The van der Waals surface area contributed by atoms with Crippen LogP contribution in [0.1, 0.15) is 56.3 Å². The molecule has 0 unspecified atom stereocenters. The van der Waals surface area contributed by atoms with Crippen molar-refractivity contribution in [1.29, 1.82) is 0 Å². The number of hydrogen-bond donors (Lipinski definition) is 2. The average molecular weight is 510 g/mol. The topological polar surface area (TPSA) is 78.5 Å². The van der Waals surface area contributed by atoms with E-state index in [1.807, 2.05) is 6.07 Å². The fourth-order valence-electron chi connectivity index (χ4n) is 4.33. The number of benzene rings is 3. The molecule has 37 heavy (non-hydrogen) atoms. The van der Waals surface area contributed by atoms with Crippen molar-refractivity contribution in [3.05, 3.63) is 101 Å². The number of aryl methyl sites for hydroxylation is 1. The van der Waals surface area contributed by atoms with Crippen LogP contribution < -0.4 is 10.6 Å². The molecule has 1 atom stereocenters. The summed E-state index contributed by atoms with van der Waals surface area (Å²) in [5.74, 6) is -1.57. The molecular formula is C28H26F3N3O3. The minimum atomic E-state index is -4.67. The van der Waals surface area contributed by atoms with E-state index in [0.29, 0.717) is 24.2 Å². The van der Waals surface area contributed by atoms with Gasteiger partial charge in [-0.25, -0.2) is 0 Å². The van der Waals surface area contributed by atoms with Crippen molar-refractivity contribution in [3.8, 4) is 0 Å². The SMILES string of the molecule is Cc1cc(C(=O)N[C@H](C(=O)N2CCCC2)c2ccccc2)ccc1NC(=O)c1ccccc1C(F)(F)F. The number of rotatable bonds is 6. The number of hydrogen-bond acceptors (Lipinski definition) is 3. The van der Waals surface area contributed by atoms with Crippen LogP contribution >= 0.6 is 0 Å². The molecule has 0 aromatic heterocycles. The molecule has 1 saturated heterocycles. The van der Waals surface area contributed by atoms with Crippen LogP contribution in [-0.2, 0) is 11.0 Å². The van der Waals surface area contributed by atoms with Crippen molar-refractivity contribution >= 4 is 23.4 Å². The summed E-state index contributed by atoms with van der Waals surface area (Å²) in [6.07, 6.45) is -2.84. The van der Waals surface area contributed by atoms with Crippen molar-refractivity contribution in [2.24, 2.45) is 0 Å². The lowest BCUT2D eigenvalue weighted by Crippen LogP contribution is -2.41. The molecule has 6 nitrogen and oxygen atoms in total. The van der Waals surface area contributed by atoms with Crippen LogP contribution in [0, 0.1) is 6.92 Å². The van der Waals surface area contributed by atoms with Gasteiger partial charge in [-0.3, -0.25) is 14.4 Å². The van der Waals surface area contributed by atoms with E-state index in [4.69, 9.17) is 0 Å². The van der Waals surface area contributed by atoms with Gasteiger partial charge in [-0.2, -0.15) is 13.2 Å². The molecule has 9 heteroatoms. The van der Waals surface area contributed by atoms with E-state index in [1.54, 1.807) is 36.1 Å². The summed E-state index contributed by atoms with van der Waals surface area (Å²) in [6, 6.07) is 17.1. The maximum absolute atomic E-state index is 13.3. The van der Waals surface area contributed by atoms with Gasteiger partial charge >= 0.3 is 6.18 Å². The third kappa shape index (κ3) is 5.99. The third-order valence-electron chi connectivity index (χ3n) is 6.29. The molecule has 0 radical (unpaired) electrons. The van der Waals surface area contributed by atoms with Crippen LogP contribution in [0.4, 0.5) is 18.9 Å². The van der Waals surface area contributed by atoms with Gasteiger partial charge < -0.3 is 15.5 Å². The summed E-state index contributed by atoms with van der Waals surface area (Å²) >= 11 is 0. The molecule has 0 aliphatic carbocycles. The Balaban J connectivity index is 1.52. The smallest absolute Gasteiger partial charge is 0.341 e. The number of nitrogens with one attached hydrogen (secondary N) is 2. The minimum absolute atomic E-state index is 0.180. The van der Waals surface area contributed by atoms with Crippen molar-refractivity contribution in [2.45, 2.75) is 32.0 Å². The molecule has 3 aromatic carbocycles. The molecule has 1 heterocycles. The van der Waals surface area contributed by atoms with Crippen LogP contribution in [0.5, 0.6) is 0 Å². The van der Waals surface area contributed by atoms with E-state index in [1.165, 1.54) is 30.3 Å². The first kappa shape index (κ1) is 25.9. The van der Waals surface area contributed by atoms with E-state index in [0.717, 1.165) is 25.0 Å². The summed E-state index contributed by atoms with van der Waals surface area (Å²) in [5.41, 5.74) is 0.134. The van der Waals surface area contributed by atoms with Crippen molar-refractivity contribution in [1.82, 2.24) is 10.2 Å². The number of carbonyl (C=O) groups is 3. The van der Waals surface area contributed by atoms with Gasteiger partial charge in [-0.15, -0.1) is 0 Å². The molecular weight excluding hydrogens is 483 g/mol. The Morgan fingerprint density at radius 3 is 2.16 bits per heavy atom. The van der Waals surface area contributed by atoms with Gasteiger partial charge in [0.2, 0.25) is 5.91 Å². The molecule has 2 N–H and O–H groups in total. The quantitative estimate of drug-likeness (QED) is 0.470. The Labute approximate surface area is 212 Å². The number of halogens is 3. The number of alkyl halides is 3. The standard InChI is InChI=1S/C28H26F3N3O3/c1-18-17-20(13-14-23(18)32-26(36)21-11-5-6-12-22(21)28(29,30)31)25(35)33-24(19-9-3-2-4-10-19)27(37)34-15-7-8-16-34/h2-6,9-14,17,24H,7-8,15-16H2,1H3,(H,32,36)(H,33,35)/t24-/m0/s1. The Kier molecular flexibility index (Phi) is 7.61. The predicted molar refractivity (Wildman–Crippen MR) is 133 cm³/mol. The maximum Gasteiger partial charge on any atom is 0.417 e. The fourth-order valence-corrected chi connectivity index (χ4v) is 4.33. The molecule has 1 fully saturated rings. The second-order valence-electron chi connectivity index (χ2n) is 8.88. The number of anilines is 1. The minimum Gasteiger partial charge on any atom is -0.341 e. The zero-order valence-corrected chi connectivity index (χ0v) is 20.1. The van der Waals surface area contributed by atoms with E-state index < -0.39 is 35.2 Å². The lowest BCUT2D eigenvalue weighted by Gasteiger charge is -2.24. The Morgan fingerprint density at radius 2 is 1.51 bits per heavy atom. The first-order valence-corrected chi connectivity index (χ1v) is 11.9. The highest BCUT2D eigenvalue weighted by molar-refractivity contribution is 6.06. The summed E-state index contributed by atoms with van der Waals surface area (Å²) in [6.45, 7) is 2.91. The Morgan fingerprint density at radius 1 is 0.865 bits per heavy atom. The highest BCUT2D eigenvalue weighted by Gasteiger charge is 2.35. The van der Waals surface area contributed by atoms with E-state index in [2.05, 4.69) is 10.6 Å². The first-order chi connectivity index (χ1) is 17.6. The number of carbonyl (C=O) groups excluding carboxylic acids is 3. The molecule has 3 aromatic rings. The molecule has 4 rings (SSSR count). The molecule has 0 spiro atoms. The lowest BCUT2D eigenvalue weighted by atomic mass is 10.0. The summed E-state index contributed by atoms with van der Waals surface area (Å²) < 4.78 is 39.9. The van der Waals surface area contributed by atoms with E-state index in [9.17, 15) is 27.6 Å². The lowest BCUT2D eigenvalue weighted by molar-refractivity contribution is -0.138. The zero-order valence-electron chi connectivity index (χ0n) is 20.1. The monoisotopic (exact) mass is 509 g/mol. The van der Waals surface area contributed by atoms with Gasteiger partial charge in [0.15, 0.2) is 0 Å². The van der Waals surface area contributed by atoms with Gasteiger partial charge in [-0.1, -0.05) is 42.5 Å². The van der Waals surface area contributed by atoms with Crippen molar-refractivity contribution < 1.29 is 27.6 Å². The van der Waals surface area contributed by atoms with Gasteiger partial charge in [-0.05, 0) is 61.2 Å². The Bertz CT molecular complexity index is 1300. The molecule has 1 aliphatic rings. The van der Waals surface area contributed by atoms with Crippen LogP contribution in [0.25, 0.3) is 0 Å². The van der Waals surface area contributed by atoms with Crippen LogP contribution in [0.3, 0.4) is 0 Å². The number of nitrogens with zero attached hydrogens (tertiary/aromatic N) is 1. The van der Waals surface area contributed by atoms with Crippen molar-refractivity contribution in [2.75, 3.05) is 18.4 Å². The Hall–Kier alpha value is -4.14. The first-order valence-electron chi connectivity index (χ1n) is 11.9. The van der Waals surface area contributed by atoms with Crippen LogP contribution in [0.2, 0.25) is 0 Å². The largest absolute Gasteiger partial charge is 0.417 e. The summed E-state index contributed by atoms with van der Waals surface area (Å²) in [7, 11) is 0. The number of likely N-dealkylation sites (tertiary alicyclic amines) is 1. The molecule has 1 aliphatic heterocycles. The van der Waals surface area contributed by atoms with Crippen molar-refractivity contribution in [3.63, 3.8) is 0 Å².